The van der Waals surface area contributed by atoms with Crippen LogP contribution in [0.2, 0.25) is 0 Å². The van der Waals surface area contributed by atoms with Crippen molar-refractivity contribution in [1.82, 2.24) is 14.8 Å². The Balaban J connectivity index is 1.95. The normalized spacial score (nSPS) is 15.7. The predicted molar refractivity (Wildman–Crippen MR) is 55.3 cm³/mol. The zero-order valence-corrected chi connectivity index (χ0v) is 9.37. The fourth-order valence-electron chi connectivity index (χ4n) is 2.09. The van der Waals surface area contributed by atoms with Crippen molar-refractivity contribution in [1.29, 1.82) is 0 Å². The van der Waals surface area contributed by atoms with Crippen LogP contribution >= 0.6 is 0 Å². The van der Waals surface area contributed by atoms with Gasteiger partial charge in [-0.3, -0.25) is 0 Å². The van der Waals surface area contributed by atoms with Crippen molar-refractivity contribution >= 4 is 0 Å². The first kappa shape index (κ1) is 11.3. The molecule has 18 heavy (non-hydrogen) atoms. The number of aryl methyl sites for hydroxylation is 2. The van der Waals surface area contributed by atoms with Crippen LogP contribution in [0.5, 0.6) is 0 Å². The average molecular weight is 257 g/mol. The second-order valence-corrected chi connectivity index (χ2v) is 4.25. The smallest absolute Gasteiger partial charge is 0.414 e. The van der Waals surface area contributed by atoms with Crippen molar-refractivity contribution < 1.29 is 17.6 Å². The Morgan fingerprint density at radius 1 is 1.22 bits per heavy atom. The standard InChI is InChI=1S/C11H10F3N3O/c12-11(13,14)10-15-5-9(18-10)17-6-7-3-1-2-4-8(7)16-17/h5-6H,1-4H2. The van der Waals surface area contributed by atoms with E-state index in [1.807, 2.05) is 0 Å². The number of rotatable bonds is 1. The Kier molecular flexibility index (Phi) is 2.42. The second-order valence-electron chi connectivity index (χ2n) is 4.25. The van der Waals surface area contributed by atoms with E-state index >= 15 is 0 Å². The van der Waals surface area contributed by atoms with Gasteiger partial charge in [0.1, 0.15) is 0 Å². The van der Waals surface area contributed by atoms with Crippen LogP contribution in [-0.4, -0.2) is 14.8 Å². The molecular formula is C11H10F3N3O. The molecule has 0 fully saturated rings. The quantitative estimate of drug-likeness (QED) is 0.789. The fraction of sp³-hybridized carbons (Fsp3) is 0.455. The van der Waals surface area contributed by atoms with Crippen molar-refractivity contribution in [3.63, 3.8) is 0 Å². The van der Waals surface area contributed by atoms with E-state index in [0.29, 0.717) is 0 Å². The highest BCUT2D eigenvalue weighted by molar-refractivity contribution is 5.25. The molecule has 96 valence electrons. The molecule has 3 rings (SSSR count). The Hall–Kier alpha value is -1.79. The van der Waals surface area contributed by atoms with E-state index in [9.17, 15) is 13.2 Å². The van der Waals surface area contributed by atoms with E-state index in [-0.39, 0.29) is 5.88 Å². The number of hydrogen-bond acceptors (Lipinski definition) is 3. The SMILES string of the molecule is FC(F)(F)c1ncc(-n2cc3c(n2)CCCC3)o1. The molecule has 0 saturated heterocycles. The number of nitrogens with zero attached hydrogens (tertiary/aromatic N) is 3. The molecule has 2 aromatic heterocycles. The van der Waals surface area contributed by atoms with E-state index in [1.165, 1.54) is 4.68 Å². The van der Waals surface area contributed by atoms with Crippen LogP contribution < -0.4 is 0 Å². The molecule has 0 aromatic carbocycles. The summed E-state index contributed by atoms with van der Waals surface area (Å²) in [5.41, 5.74) is 2.01. The summed E-state index contributed by atoms with van der Waals surface area (Å²) in [5.74, 6) is -1.25. The summed E-state index contributed by atoms with van der Waals surface area (Å²) < 4.78 is 43.1. The first-order valence-corrected chi connectivity index (χ1v) is 5.65. The maximum absolute atomic E-state index is 12.4. The van der Waals surface area contributed by atoms with Gasteiger partial charge in [-0.15, -0.1) is 0 Å². The minimum absolute atomic E-state index is 0.00303. The van der Waals surface area contributed by atoms with Crippen molar-refractivity contribution in [2.75, 3.05) is 0 Å². The monoisotopic (exact) mass is 257 g/mol. The largest absolute Gasteiger partial charge is 0.469 e. The maximum atomic E-state index is 12.4. The molecular weight excluding hydrogens is 247 g/mol. The zero-order chi connectivity index (χ0) is 12.8. The van der Waals surface area contributed by atoms with Gasteiger partial charge in [0.2, 0.25) is 5.88 Å². The lowest BCUT2D eigenvalue weighted by Gasteiger charge is -2.06. The molecule has 0 aliphatic heterocycles. The number of fused-ring (bicyclic) bond motifs is 1. The molecule has 2 aromatic rings. The molecule has 1 aliphatic carbocycles. The highest BCUT2D eigenvalue weighted by atomic mass is 19.4. The molecule has 0 atom stereocenters. The molecule has 7 heteroatoms. The fourth-order valence-corrected chi connectivity index (χ4v) is 2.09. The van der Waals surface area contributed by atoms with Crippen LogP contribution in [0, 0.1) is 0 Å². The van der Waals surface area contributed by atoms with E-state index in [0.717, 1.165) is 43.1 Å². The summed E-state index contributed by atoms with van der Waals surface area (Å²) in [5, 5.41) is 4.23. The Labute approximate surface area is 100 Å². The lowest BCUT2D eigenvalue weighted by molar-refractivity contribution is -0.157. The maximum Gasteiger partial charge on any atom is 0.469 e. The van der Waals surface area contributed by atoms with Crippen LogP contribution in [0.15, 0.2) is 16.8 Å². The lowest BCUT2D eigenvalue weighted by Crippen LogP contribution is -2.04. The first-order chi connectivity index (χ1) is 8.54. The number of aromatic nitrogens is 3. The van der Waals surface area contributed by atoms with Gasteiger partial charge in [0, 0.05) is 6.20 Å². The van der Waals surface area contributed by atoms with E-state index in [1.54, 1.807) is 6.20 Å². The van der Waals surface area contributed by atoms with Gasteiger partial charge in [-0.05, 0) is 31.2 Å². The van der Waals surface area contributed by atoms with Crippen LogP contribution in [0.4, 0.5) is 13.2 Å². The Morgan fingerprint density at radius 3 is 2.67 bits per heavy atom. The molecule has 1 aliphatic rings. The van der Waals surface area contributed by atoms with Crippen molar-refractivity contribution in [3.05, 3.63) is 29.5 Å². The minimum Gasteiger partial charge on any atom is -0.414 e. The molecule has 2 heterocycles. The van der Waals surface area contributed by atoms with Crippen molar-refractivity contribution in [3.8, 4) is 5.88 Å². The lowest BCUT2D eigenvalue weighted by atomic mass is 9.99. The molecule has 0 amide bonds. The van der Waals surface area contributed by atoms with Gasteiger partial charge in [0.05, 0.1) is 11.9 Å². The molecule has 0 saturated carbocycles. The van der Waals surface area contributed by atoms with E-state index < -0.39 is 12.1 Å². The van der Waals surface area contributed by atoms with Gasteiger partial charge in [-0.2, -0.15) is 18.3 Å². The average Bonchev–Trinajstić information content (AvgIpc) is 2.94. The molecule has 0 spiro atoms. The van der Waals surface area contributed by atoms with Gasteiger partial charge in [0.25, 0.3) is 0 Å². The predicted octanol–water partition coefficient (Wildman–Crippen LogP) is 2.76. The third kappa shape index (κ3) is 1.89. The van der Waals surface area contributed by atoms with Crippen LogP contribution in [0.1, 0.15) is 30.0 Å². The van der Waals surface area contributed by atoms with Gasteiger partial charge in [0.15, 0.2) is 0 Å². The third-order valence-electron chi connectivity index (χ3n) is 2.95. The summed E-state index contributed by atoms with van der Waals surface area (Å²) in [4.78, 5) is 3.22. The second kappa shape index (κ2) is 3.86. The highest BCUT2D eigenvalue weighted by Crippen LogP contribution is 2.29. The van der Waals surface area contributed by atoms with Crippen LogP contribution in [-0.2, 0) is 19.0 Å². The Bertz CT molecular complexity index is 547. The minimum atomic E-state index is -4.56. The van der Waals surface area contributed by atoms with Gasteiger partial charge < -0.3 is 4.42 Å². The summed E-state index contributed by atoms with van der Waals surface area (Å²) in [6.45, 7) is 0. The number of hydrogen-bond donors (Lipinski definition) is 0. The van der Waals surface area contributed by atoms with Crippen molar-refractivity contribution in [2.24, 2.45) is 0 Å². The summed E-state index contributed by atoms with van der Waals surface area (Å²) >= 11 is 0. The van der Waals surface area contributed by atoms with Gasteiger partial charge >= 0.3 is 12.1 Å². The third-order valence-corrected chi connectivity index (χ3v) is 2.95. The number of halogens is 3. The van der Waals surface area contributed by atoms with Crippen LogP contribution in [0.3, 0.4) is 0 Å². The van der Waals surface area contributed by atoms with E-state index in [4.69, 9.17) is 0 Å². The van der Waals surface area contributed by atoms with Crippen molar-refractivity contribution in [2.45, 2.75) is 31.9 Å². The summed E-state index contributed by atoms with van der Waals surface area (Å²) in [6.07, 6.45) is 2.12. The number of oxazole rings is 1. The molecule has 0 bridgehead atoms. The molecule has 0 radical (unpaired) electrons. The first-order valence-electron chi connectivity index (χ1n) is 5.65. The summed E-state index contributed by atoms with van der Waals surface area (Å²) in [7, 11) is 0. The van der Waals surface area contributed by atoms with Gasteiger partial charge in [-0.1, -0.05) is 0 Å². The zero-order valence-electron chi connectivity index (χ0n) is 9.37. The topological polar surface area (TPSA) is 43.9 Å². The van der Waals surface area contributed by atoms with Crippen LogP contribution in [0.25, 0.3) is 5.88 Å². The molecule has 0 unspecified atom stereocenters. The summed E-state index contributed by atoms with van der Waals surface area (Å²) in [6, 6.07) is 0. The van der Waals surface area contributed by atoms with E-state index in [2.05, 4.69) is 14.5 Å². The number of alkyl halides is 3. The molecule has 4 nitrogen and oxygen atoms in total. The molecule has 0 N–H and O–H groups in total. The Morgan fingerprint density at radius 2 is 2.00 bits per heavy atom. The van der Waals surface area contributed by atoms with Gasteiger partial charge in [-0.25, -0.2) is 9.67 Å². The highest BCUT2D eigenvalue weighted by Gasteiger charge is 2.37.